The molecule has 0 rings (SSSR count). The predicted octanol–water partition coefficient (Wildman–Crippen LogP) is 1.90. The lowest BCUT2D eigenvalue weighted by atomic mass is 9.81. The Morgan fingerprint density at radius 1 is 1.47 bits per heavy atom. The molecule has 0 aliphatic rings. The van der Waals surface area contributed by atoms with Gasteiger partial charge in [-0.3, -0.25) is 10.1 Å². The van der Waals surface area contributed by atoms with Gasteiger partial charge in [-0.2, -0.15) is 0 Å². The van der Waals surface area contributed by atoms with E-state index in [0.717, 1.165) is 12.8 Å². The summed E-state index contributed by atoms with van der Waals surface area (Å²) in [5, 5.41) is 4.70. The summed E-state index contributed by atoms with van der Waals surface area (Å²) in [5.74, 6) is 0.414. The van der Waals surface area contributed by atoms with Crippen molar-refractivity contribution in [3.8, 4) is 0 Å². The fourth-order valence-electron chi connectivity index (χ4n) is 1.53. The van der Waals surface area contributed by atoms with E-state index in [1.807, 2.05) is 5.32 Å². The third-order valence-corrected chi connectivity index (χ3v) is 2.66. The Bertz CT molecular complexity index is 215. The molecule has 0 radical (unpaired) electrons. The van der Waals surface area contributed by atoms with Gasteiger partial charge in [0.1, 0.15) is 0 Å². The summed E-state index contributed by atoms with van der Waals surface area (Å²) in [6, 6.07) is -0.425. The Hall–Kier alpha value is -1.06. The van der Waals surface area contributed by atoms with Crippen molar-refractivity contribution in [3.63, 3.8) is 0 Å². The first-order valence-corrected chi connectivity index (χ1v) is 5.39. The van der Waals surface area contributed by atoms with Gasteiger partial charge in [0.25, 0.3) is 0 Å². The fraction of sp³-hybridized carbons (Fsp3) is 0.818. The molecular weight excluding hydrogens is 192 g/mol. The highest BCUT2D eigenvalue weighted by Gasteiger charge is 2.18. The van der Waals surface area contributed by atoms with E-state index in [2.05, 4.69) is 33.0 Å². The number of rotatable bonds is 6. The van der Waals surface area contributed by atoms with Crippen LogP contribution in [0.25, 0.3) is 0 Å². The van der Waals surface area contributed by atoms with Gasteiger partial charge < -0.3 is 5.32 Å². The second-order valence-electron chi connectivity index (χ2n) is 4.80. The van der Waals surface area contributed by atoms with E-state index in [-0.39, 0.29) is 0 Å². The molecule has 1 atom stereocenters. The summed E-state index contributed by atoms with van der Waals surface area (Å²) in [4.78, 5) is 20.9. The molecule has 0 spiro atoms. The topological polar surface area (TPSA) is 58.2 Å². The van der Waals surface area contributed by atoms with E-state index in [9.17, 15) is 9.59 Å². The van der Waals surface area contributed by atoms with Crippen LogP contribution < -0.4 is 10.6 Å². The Morgan fingerprint density at radius 2 is 2.07 bits per heavy atom. The van der Waals surface area contributed by atoms with Crippen molar-refractivity contribution < 1.29 is 9.59 Å². The molecule has 0 aromatic heterocycles. The van der Waals surface area contributed by atoms with Crippen LogP contribution in [0.3, 0.4) is 0 Å². The van der Waals surface area contributed by atoms with Crippen molar-refractivity contribution in [2.75, 3.05) is 6.54 Å². The van der Waals surface area contributed by atoms with Crippen LogP contribution in [0.5, 0.6) is 0 Å². The van der Waals surface area contributed by atoms with E-state index in [4.69, 9.17) is 0 Å². The maximum atomic E-state index is 10.9. The molecule has 0 unspecified atom stereocenters. The second-order valence-corrected chi connectivity index (χ2v) is 4.80. The molecule has 4 heteroatoms. The maximum Gasteiger partial charge on any atom is 0.321 e. The maximum absolute atomic E-state index is 10.9. The van der Waals surface area contributed by atoms with Crippen LogP contribution in [0.4, 0.5) is 4.79 Å². The molecule has 0 saturated carbocycles. The fourth-order valence-corrected chi connectivity index (χ4v) is 1.53. The van der Waals surface area contributed by atoms with E-state index < -0.39 is 6.03 Å². The molecule has 0 aliphatic heterocycles. The molecule has 3 amide bonds. The summed E-state index contributed by atoms with van der Waals surface area (Å²) < 4.78 is 0. The van der Waals surface area contributed by atoms with Gasteiger partial charge in [0.15, 0.2) is 0 Å². The predicted molar refractivity (Wildman–Crippen MR) is 60.5 cm³/mol. The zero-order chi connectivity index (χ0) is 11.9. The van der Waals surface area contributed by atoms with E-state index in [0.29, 0.717) is 24.3 Å². The van der Waals surface area contributed by atoms with Gasteiger partial charge in [0.2, 0.25) is 6.41 Å². The SMILES string of the molecule is CCC(C)(C)C[C@@H](C)CNC(=O)NC=O. The first kappa shape index (κ1) is 13.9. The molecule has 88 valence electrons. The Labute approximate surface area is 91.8 Å². The monoisotopic (exact) mass is 214 g/mol. The molecule has 0 heterocycles. The minimum atomic E-state index is -0.425. The highest BCUT2D eigenvalue weighted by molar-refractivity contribution is 5.84. The van der Waals surface area contributed by atoms with Gasteiger partial charge in [-0.25, -0.2) is 4.79 Å². The molecule has 15 heavy (non-hydrogen) atoms. The first-order valence-electron chi connectivity index (χ1n) is 5.39. The molecule has 0 bridgehead atoms. The highest BCUT2D eigenvalue weighted by atomic mass is 16.2. The smallest absolute Gasteiger partial charge is 0.321 e. The number of nitrogens with one attached hydrogen (secondary N) is 2. The second kappa shape index (κ2) is 6.43. The first-order chi connectivity index (χ1) is 6.91. The summed E-state index contributed by atoms with van der Waals surface area (Å²) in [5.41, 5.74) is 0.308. The highest BCUT2D eigenvalue weighted by Crippen LogP contribution is 2.28. The summed E-state index contributed by atoms with van der Waals surface area (Å²) in [6.45, 7) is 9.30. The largest absolute Gasteiger partial charge is 0.338 e. The number of carbonyl (C=O) groups is 2. The molecule has 2 N–H and O–H groups in total. The van der Waals surface area contributed by atoms with Gasteiger partial charge in [-0.1, -0.05) is 34.1 Å². The number of urea groups is 1. The Morgan fingerprint density at radius 3 is 2.53 bits per heavy atom. The Kier molecular flexibility index (Phi) is 5.97. The van der Waals surface area contributed by atoms with Crippen molar-refractivity contribution in [1.82, 2.24) is 10.6 Å². The van der Waals surface area contributed by atoms with E-state index in [1.165, 1.54) is 0 Å². The number of hydrogen-bond acceptors (Lipinski definition) is 2. The van der Waals surface area contributed by atoms with Crippen LogP contribution in [-0.2, 0) is 4.79 Å². The van der Waals surface area contributed by atoms with Crippen LogP contribution in [0, 0.1) is 11.3 Å². The number of amides is 3. The average Bonchev–Trinajstić information content (AvgIpc) is 2.15. The number of hydrogen-bond donors (Lipinski definition) is 2. The van der Waals surface area contributed by atoms with Crippen LogP contribution in [0.1, 0.15) is 40.5 Å². The van der Waals surface area contributed by atoms with Crippen molar-refractivity contribution in [2.24, 2.45) is 11.3 Å². The molecule has 4 nitrogen and oxygen atoms in total. The standard InChI is InChI=1S/C11H22N2O2/c1-5-11(3,4)6-9(2)7-12-10(15)13-8-14/h8-9H,5-7H2,1-4H3,(H2,12,13,14,15)/t9-/m1/s1. The molecule has 0 aromatic carbocycles. The summed E-state index contributed by atoms with van der Waals surface area (Å²) in [7, 11) is 0. The van der Waals surface area contributed by atoms with Crippen molar-refractivity contribution >= 4 is 12.4 Å². The van der Waals surface area contributed by atoms with Gasteiger partial charge in [0, 0.05) is 6.54 Å². The normalized spacial score (nSPS) is 13.1. The number of imide groups is 1. The number of carbonyl (C=O) groups excluding carboxylic acids is 2. The van der Waals surface area contributed by atoms with Crippen LogP contribution in [0.2, 0.25) is 0 Å². The van der Waals surface area contributed by atoms with Gasteiger partial charge in [-0.05, 0) is 17.8 Å². The molecular formula is C11H22N2O2. The van der Waals surface area contributed by atoms with Crippen molar-refractivity contribution in [3.05, 3.63) is 0 Å². The Balaban J connectivity index is 3.79. The van der Waals surface area contributed by atoms with Crippen LogP contribution >= 0.6 is 0 Å². The van der Waals surface area contributed by atoms with E-state index >= 15 is 0 Å². The average molecular weight is 214 g/mol. The molecule has 0 saturated heterocycles. The van der Waals surface area contributed by atoms with Crippen LogP contribution in [0.15, 0.2) is 0 Å². The molecule has 0 aromatic rings. The van der Waals surface area contributed by atoms with Crippen molar-refractivity contribution in [1.29, 1.82) is 0 Å². The van der Waals surface area contributed by atoms with Gasteiger partial charge in [-0.15, -0.1) is 0 Å². The lowest BCUT2D eigenvalue weighted by Crippen LogP contribution is -2.37. The minimum Gasteiger partial charge on any atom is -0.338 e. The lowest BCUT2D eigenvalue weighted by Gasteiger charge is -2.26. The summed E-state index contributed by atoms with van der Waals surface area (Å²) in [6.07, 6.45) is 2.57. The quantitative estimate of drug-likeness (QED) is 0.663. The zero-order valence-electron chi connectivity index (χ0n) is 10.1. The minimum absolute atomic E-state index is 0.308. The van der Waals surface area contributed by atoms with Crippen LogP contribution in [-0.4, -0.2) is 19.0 Å². The van der Waals surface area contributed by atoms with Gasteiger partial charge >= 0.3 is 6.03 Å². The molecule has 0 fully saturated rings. The van der Waals surface area contributed by atoms with E-state index in [1.54, 1.807) is 0 Å². The summed E-state index contributed by atoms with van der Waals surface area (Å²) >= 11 is 0. The third kappa shape index (κ3) is 6.94. The van der Waals surface area contributed by atoms with Gasteiger partial charge in [0.05, 0.1) is 0 Å². The molecule has 0 aliphatic carbocycles. The lowest BCUT2D eigenvalue weighted by molar-refractivity contribution is -0.108. The third-order valence-electron chi connectivity index (χ3n) is 2.66. The van der Waals surface area contributed by atoms with Crippen molar-refractivity contribution in [2.45, 2.75) is 40.5 Å². The zero-order valence-corrected chi connectivity index (χ0v) is 10.1.